The van der Waals surface area contributed by atoms with Crippen LogP contribution < -0.4 is 0 Å². The van der Waals surface area contributed by atoms with Gasteiger partial charge < -0.3 is 0 Å². The van der Waals surface area contributed by atoms with Crippen molar-refractivity contribution in [1.82, 2.24) is 0 Å². The average molecular weight is 241 g/mol. The number of carbonyl (C=O) groups excluding carboxylic acids is 1. The van der Waals surface area contributed by atoms with Gasteiger partial charge in [-0.15, -0.1) is 11.6 Å². The molecule has 1 nitrogen and oxygen atoms in total. The molecule has 15 heavy (non-hydrogen) atoms. The molecule has 0 heterocycles. The number of carbonyl (C=O) groups is 1. The van der Waals surface area contributed by atoms with E-state index in [-0.39, 0.29) is 12.3 Å². The minimum absolute atomic E-state index is 0.112. The monoisotopic (exact) mass is 240 g/mol. The first kappa shape index (κ1) is 12.0. The van der Waals surface area contributed by atoms with E-state index in [4.69, 9.17) is 11.6 Å². The van der Waals surface area contributed by atoms with E-state index in [1.54, 1.807) is 0 Å². The normalized spacial score (nSPS) is 10.5. The largest absolute Gasteiger partial charge is 0.294 e. The van der Waals surface area contributed by atoms with E-state index in [9.17, 15) is 22.4 Å². The highest BCUT2D eigenvalue weighted by Crippen LogP contribution is 2.19. The van der Waals surface area contributed by atoms with Crippen LogP contribution in [0, 0.1) is 23.3 Å². The fourth-order valence-electron chi connectivity index (χ4n) is 0.996. The Balaban J connectivity index is 3.26. The second-order valence-corrected chi connectivity index (χ2v) is 3.09. The van der Waals surface area contributed by atoms with E-state index in [0.717, 1.165) is 0 Å². The Labute approximate surface area is 87.7 Å². The van der Waals surface area contributed by atoms with Crippen LogP contribution in [0.1, 0.15) is 16.8 Å². The fraction of sp³-hybridized carbons (Fsp3) is 0.222. The number of ketones is 1. The molecule has 1 rings (SSSR count). The summed E-state index contributed by atoms with van der Waals surface area (Å²) in [7, 11) is 0. The van der Waals surface area contributed by atoms with Crippen LogP contribution in [0.4, 0.5) is 17.6 Å². The molecule has 0 bridgehead atoms. The standard InChI is InChI=1S/C9H5ClF4O/c10-2-1-6(15)4-3-5(11)8(13)9(14)7(4)12/h3H,1-2H2. The highest BCUT2D eigenvalue weighted by molar-refractivity contribution is 6.19. The molecule has 0 aliphatic rings. The van der Waals surface area contributed by atoms with Crippen molar-refractivity contribution in [2.24, 2.45) is 0 Å². The lowest BCUT2D eigenvalue weighted by molar-refractivity contribution is 0.0983. The lowest BCUT2D eigenvalue weighted by atomic mass is 10.1. The number of hydrogen-bond donors (Lipinski definition) is 0. The molecule has 0 N–H and O–H groups in total. The molecule has 0 atom stereocenters. The quantitative estimate of drug-likeness (QED) is 0.261. The lowest BCUT2D eigenvalue weighted by Crippen LogP contribution is -2.08. The van der Waals surface area contributed by atoms with Crippen LogP contribution >= 0.6 is 11.6 Å². The van der Waals surface area contributed by atoms with Crippen molar-refractivity contribution < 1.29 is 22.4 Å². The van der Waals surface area contributed by atoms with E-state index >= 15 is 0 Å². The number of halogens is 5. The number of hydrogen-bond acceptors (Lipinski definition) is 1. The maximum atomic E-state index is 13.0. The maximum Gasteiger partial charge on any atom is 0.198 e. The molecular weight excluding hydrogens is 236 g/mol. The number of alkyl halides is 1. The zero-order chi connectivity index (χ0) is 11.6. The molecule has 82 valence electrons. The Kier molecular flexibility index (Phi) is 3.68. The summed E-state index contributed by atoms with van der Waals surface area (Å²) in [5.74, 6) is -8.21. The molecule has 0 aliphatic heterocycles. The zero-order valence-electron chi connectivity index (χ0n) is 7.29. The summed E-state index contributed by atoms with van der Waals surface area (Å²) in [6, 6.07) is 0.322. The van der Waals surface area contributed by atoms with E-state index in [0.29, 0.717) is 6.07 Å². The molecule has 0 saturated carbocycles. The Hall–Kier alpha value is -1.10. The summed E-state index contributed by atoms with van der Waals surface area (Å²) in [5, 5.41) is 0. The van der Waals surface area contributed by atoms with Crippen molar-refractivity contribution in [3.8, 4) is 0 Å². The van der Waals surface area contributed by atoms with Crippen LogP contribution in [-0.2, 0) is 0 Å². The van der Waals surface area contributed by atoms with Gasteiger partial charge in [0.1, 0.15) is 0 Å². The molecule has 0 unspecified atom stereocenters. The minimum atomic E-state index is -1.99. The molecule has 0 fully saturated rings. The summed E-state index contributed by atoms with van der Waals surface area (Å²) in [6.45, 7) is 0. The summed E-state index contributed by atoms with van der Waals surface area (Å²) in [6.07, 6.45) is -0.275. The van der Waals surface area contributed by atoms with Gasteiger partial charge in [0.05, 0.1) is 5.56 Å². The Bertz CT molecular complexity index is 406. The zero-order valence-corrected chi connectivity index (χ0v) is 8.05. The Morgan fingerprint density at radius 1 is 1.13 bits per heavy atom. The molecule has 1 aromatic carbocycles. The first-order valence-corrected chi connectivity index (χ1v) is 4.44. The molecular formula is C9H5ClF4O. The molecule has 0 radical (unpaired) electrons. The predicted octanol–water partition coefficient (Wildman–Crippen LogP) is 3.05. The highest BCUT2D eigenvalue weighted by Gasteiger charge is 2.22. The van der Waals surface area contributed by atoms with Gasteiger partial charge in [0.25, 0.3) is 0 Å². The third kappa shape index (κ3) is 2.28. The van der Waals surface area contributed by atoms with Gasteiger partial charge in [0.15, 0.2) is 29.1 Å². The Morgan fingerprint density at radius 2 is 1.73 bits per heavy atom. The maximum absolute atomic E-state index is 13.0. The van der Waals surface area contributed by atoms with Crippen LogP contribution in [0.15, 0.2) is 6.07 Å². The molecule has 0 saturated heterocycles. The van der Waals surface area contributed by atoms with Crippen molar-refractivity contribution in [3.63, 3.8) is 0 Å². The number of Topliss-reactive ketones (excluding diaryl/α,β-unsaturated/α-hetero) is 1. The van der Waals surface area contributed by atoms with E-state index < -0.39 is 34.6 Å². The topological polar surface area (TPSA) is 17.1 Å². The van der Waals surface area contributed by atoms with Crippen LogP contribution in [-0.4, -0.2) is 11.7 Å². The third-order valence-electron chi connectivity index (χ3n) is 1.72. The van der Waals surface area contributed by atoms with Crippen LogP contribution in [0.25, 0.3) is 0 Å². The summed E-state index contributed by atoms with van der Waals surface area (Å²) in [5.41, 5.74) is -0.827. The van der Waals surface area contributed by atoms with E-state index in [2.05, 4.69) is 0 Å². The summed E-state index contributed by atoms with van der Waals surface area (Å²) < 4.78 is 50.8. The van der Waals surface area contributed by atoms with Gasteiger partial charge >= 0.3 is 0 Å². The van der Waals surface area contributed by atoms with Crippen LogP contribution in [0.3, 0.4) is 0 Å². The summed E-state index contributed by atoms with van der Waals surface area (Å²) >= 11 is 5.20. The third-order valence-corrected chi connectivity index (χ3v) is 1.91. The number of rotatable bonds is 3. The SMILES string of the molecule is O=C(CCCl)c1cc(F)c(F)c(F)c1F. The van der Waals surface area contributed by atoms with Crippen molar-refractivity contribution in [1.29, 1.82) is 0 Å². The smallest absolute Gasteiger partial charge is 0.198 e. The molecule has 1 aromatic rings. The average Bonchev–Trinajstić information content (AvgIpc) is 2.20. The fourth-order valence-corrected chi connectivity index (χ4v) is 1.17. The van der Waals surface area contributed by atoms with Gasteiger partial charge in [-0.05, 0) is 6.07 Å². The lowest BCUT2D eigenvalue weighted by Gasteiger charge is -2.03. The van der Waals surface area contributed by atoms with Gasteiger partial charge in [-0.3, -0.25) is 4.79 Å². The first-order valence-electron chi connectivity index (χ1n) is 3.91. The van der Waals surface area contributed by atoms with E-state index in [1.165, 1.54) is 0 Å². The Morgan fingerprint density at radius 3 is 2.27 bits per heavy atom. The molecule has 0 aliphatic carbocycles. The number of benzene rings is 1. The van der Waals surface area contributed by atoms with Gasteiger partial charge in [-0.25, -0.2) is 17.6 Å². The van der Waals surface area contributed by atoms with Crippen LogP contribution in [0.5, 0.6) is 0 Å². The van der Waals surface area contributed by atoms with Crippen molar-refractivity contribution >= 4 is 17.4 Å². The van der Waals surface area contributed by atoms with Crippen LogP contribution in [0.2, 0.25) is 0 Å². The van der Waals surface area contributed by atoms with E-state index in [1.807, 2.05) is 0 Å². The van der Waals surface area contributed by atoms with Crippen molar-refractivity contribution in [2.75, 3.05) is 5.88 Å². The van der Waals surface area contributed by atoms with Crippen molar-refractivity contribution in [3.05, 3.63) is 34.9 Å². The van der Waals surface area contributed by atoms with Gasteiger partial charge in [0.2, 0.25) is 0 Å². The predicted molar refractivity (Wildman–Crippen MR) is 45.9 cm³/mol. The second-order valence-electron chi connectivity index (χ2n) is 2.71. The molecule has 0 aromatic heterocycles. The molecule has 0 amide bonds. The first-order chi connectivity index (χ1) is 6.99. The molecule has 6 heteroatoms. The summed E-state index contributed by atoms with van der Waals surface area (Å²) in [4.78, 5) is 11.1. The van der Waals surface area contributed by atoms with Crippen molar-refractivity contribution in [2.45, 2.75) is 6.42 Å². The molecule has 0 spiro atoms. The minimum Gasteiger partial charge on any atom is -0.294 e. The van der Waals surface area contributed by atoms with Gasteiger partial charge in [-0.2, -0.15) is 0 Å². The van der Waals surface area contributed by atoms with Gasteiger partial charge in [-0.1, -0.05) is 0 Å². The second kappa shape index (κ2) is 4.61. The van der Waals surface area contributed by atoms with Gasteiger partial charge in [0, 0.05) is 12.3 Å². The highest BCUT2D eigenvalue weighted by atomic mass is 35.5.